The highest BCUT2D eigenvalue weighted by molar-refractivity contribution is 5.78. The first-order chi connectivity index (χ1) is 8.79. The minimum atomic E-state index is 0.259. The monoisotopic (exact) mass is 253 g/mol. The molecule has 1 amide bonds. The maximum Gasteiger partial charge on any atom is 0.236 e. The second kappa shape index (κ2) is 6.87. The Morgan fingerprint density at radius 3 is 2.33 bits per heavy atom. The van der Waals surface area contributed by atoms with E-state index in [-0.39, 0.29) is 5.91 Å². The Bertz CT molecular complexity index is 282. The van der Waals surface area contributed by atoms with Gasteiger partial charge in [0.15, 0.2) is 0 Å². The van der Waals surface area contributed by atoms with Crippen molar-refractivity contribution in [3.05, 3.63) is 12.7 Å². The number of hydrogen-bond acceptors (Lipinski definition) is 4. The highest BCUT2D eigenvalue weighted by atomic mass is 16.5. The molecule has 102 valence electrons. The molecule has 0 radical (unpaired) electrons. The van der Waals surface area contributed by atoms with E-state index in [2.05, 4.69) is 16.4 Å². The second-order valence-electron chi connectivity index (χ2n) is 4.86. The molecule has 0 bridgehead atoms. The van der Waals surface area contributed by atoms with Crippen LogP contribution in [0.5, 0.6) is 0 Å². The molecule has 0 aliphatic carbocycles. The topological polar surface area (TPSA) is 36.0 Å². The summed E-state index contributed by atoms with van der Waals surface area (Å²) >= 11 is 0. The van der Waals surface area contributed by atoms with Crippen LogP contribution in [0.4, 0.5) is 0 Å². The summed E-state index contributed by atoms with van der Waals surface area (Å²) in [5, 5.41) is 0. The fraction of sp³-hybridized carbons (Fsp3) is 0.769. The van der Waals surface area contributed by atoms with Crippen LogP contribution in [0, 0.1) is 0 Å². The van der Waals surface area contributed by atoms with Crippen LogP contribution in [0.3, 0.4) is 0 Å². The third-order valence-electron chi connectivity index (χ3n) is 3.57. The summed E-state index contributed by atoms with van der Waals surface area (Å²) in [4.78, 5) is 18.6. The molecule has 0 unspecified atom stereocenters. The first kappa shape index (κ1) is 13.5. The molecular weight excluding hydrogens is 230 g/mol. The Labute approximate surface area is 109 Å². The molecule has 5 nitrogen and oxygen atoms in total. The summed E-state index contributed by atoms with van der Waals surface area (Å²) in [6, 6.07) is 0. The van der Waals surface area contributed by atoms with E-state index in [0.717, 1.165) is 59.0 Å². The standard InChI is InChI=1S/C13H23N3O2/c1-2-3-14-4-6-16(7-5-14)13(17)12-15-8-10-18-11-9-15/h2H,1,3-12H2. The average molecular weight is 253 g/mol. The maximum absolute atomic E-state index is 12.1. The molecule has 2 aliphatic heterocycles. The maximum atomic E-state index is 12.1. The van der Waals surface area contributed by atoms with Gasteiger partial charge in [-0.2, -0.15) is 0 Å². The lowest BCUT2D eigenvalue weighted by Crippen LogP contribution is -2.52. The van der Waals surface area contributed by atoms with E-state index in [0.29, 0.717) is 6.54 Å². The zero-order valence-corrected chi connectivity index (χ0v) is 11.0. The quantitative estimate of drug-likeness (QED) is 0.642. The fourth-order valence-corrected chi connectivity index (χ4v) is 2.41. The number of carbonyl (C=O) groups is 1. The minimum Gasteiger partial charge on any atom is -0.379 e. The summed E-state index contributed by atoms with van der Waals surface area (Å²) in [5.74, 6) is 0.259. The summed E-state index contributed by atoms with van der Waals surface area (Å²) in [7, 11) is 0. The highest BCUT2D eigenvalue weighted by Crippen LogP contribution is 2.04. The predicted molar refractivity (Wildman–Crippen MR) is 70.5 cm³/mol. The van der Waals surface area contributed by atoms with Crippen molar-refractivity contribution in [2.75, 3.05) is 65.6 Å². The summed E-state index contributed by atoms with van der Waals surface area (Å²) < 4.78 is 5.29. The summed E-state index contributed by atoms with van der Waals surface area (Å²) in [6.45, 7) is 12.1. The van der Waals surface area contributed by atoms with Gasteiger partial charge >= 0.3 is 0 Å². The molecule has 2 fully saturated rings. The molecule has 2 aliphatic rings. The molecule has 0 atom stereocenters. The van der Waals surface area contributed by atoms with Gasteiger partial charge in [-0.3, -0.25) is 14.6 Å². The van der Waals surface area contributed by atoms with Crippen molar-refractivity contribution in [1.29, 1.82) is 0 Å². The Kier molecular flexibility index (Phi) is 5.16. The lowest BCUT2D eigenvalue weighted by Gasteiger charge is -2.35. The number of rotatable bonds is 4. The third kappa shape index (κ3) is 3.80. The molecule has 0 saturated carbocycles. The van der Waals surface area contributed by atoms with E-state index < -0.39 is 0 Å². The highest BCUT2D eigenvalue weighted by Gasteiger charge is 2.22. The van der Waals surface area contributed by atoms with Gasteiger partial charge in [0.2, 0.25) is 5.91 Å². The average Bonchev–Trinajstić information content (AvgIpc) is 2.41. The zero-order chi connectivity index (χ0) is 12.8. The Balaban J connectivity index is 1.71. The number of ether oxygens (including phenoxy) is 1. The van der Waals surface area contributed by atoms with Gasteiger partial charge in [-0.05, 0) is 0 Å². The Hall–Kier alpha value is -0.910. The van der Waals surface area contributed by atoms with E-state index in [1.807, 2.05) is 11.0 Å². The largest absolute Gasteiger partial charge is 0.379 e. The van der Waals surface area contributed by atoms with E-state index >= 15 is 0 Å². The van der Waals surface area contributed by atoms with Crippen molar-refractivity contribution in [3.8, 4) is 0 Å². The molecule has 0 aromatic carbocycles. The van der Waals surface area contributed by atoms with Crippen LogP contribution in [0.1, 0.15) is 0 Å². The number of piperazine rings is 1. The lowest BCUT2D eigenvalue weighted by molar-refractivity contribution is -0.135. The minimum absolute atomic E-state index is 0.259. The van der Waals surface area contributed by atoms with Crippen LogP contribution in [0.2, 0.25) is 0 Å². The van der Waals surface area contributed by atoms with Crippen LogP contribution in [-0.4, -0.2) is 86.2 Å². The van der Waals surface area contributed by atoms with Gasteiger partial charge in [0.05, 0.1) is 19.8 Å². The van der Waals surface area contributed by atoms with Crippen molar-refractivity contribution in [3.63, 3.8) is 0 Å². The number of carbonyl (C=O) groups excluding carboxylic acids is 1. The molecule has 2 rings (SSSR count). The Morgan fingerprint density at radius 1 is 1.06 bits per heavy atom. The van der Waals surface area contributed by atoms with Crippen molar-refractivity contribution < 1.29 is 9.53 Å². The SMILES string of the molecule is C=CCN1CCN(C(=O)CN2CCOCC2)CC1. The molecule has 0 N–H and O–H groups in total. The lowest BCUT2D eigenvalue weighted by atomic mass is 10.3. The van der Waals surface area contributed by atoms with Crippen LogP contribution >= 0.6 is 0 Å². The summed E-state index contributed by atoms with van der Waals surface area (Å²) in [5.41, 5.74) is 0. The van der Waals surface area contributed by atoms with Gasteiger partial charge in [-0.15, -0.1) is 6.58 Å². The number of amides is 1. The van der Waals surface area contributed by atoms with Crippen LogP contribution in [-0.2, 0) is 9.53 Å². The smallest absolute Gasteiger partial charge is 0.236 e. The zero-order valence-electron chi connectivity index (χ0n) is 11.0. The van der Waals surface area contributed by atoms with Gasteiger partial charge in [0, 0.05) is 45.8 Å². The van der Waals surface area contributed by atoms with Gasteiger partial charge in [-0.25, -0.2) is 0 Å². The van der Waals surface area contributed by atoms with E-state index in [4.69, 9.17) is 4.74 Å². The van der Waals surface area contributed by atoms with E-state index in [1.165, 1.54) is 0 Å². The molecule has 5 heteroatoms. The number of hydrogen-bond donors (Lipinski definition) is 0. The van der Waals surface area contributed by atoms with Crippen LogP contribution in [0.25, 0.3) is 0 Å². The van der Waals surface area contributed by atoms with Gasteiger partial charge in [0.1, 0.15) is 0 Å². The molecular formula is C13H23N3O2. The molecule has 18 heavy (non-hydrogen) atoms. The van der Waals surface area contributed by atoms with Gasteiger partial charge in [-0.1, -0.05) is 6.08 Å². The second-order valence-corrected chi connectivity index (χ2v) is 4.86. The van der Waals surface area contributed by atoms with Crippen LogP contribution in [0.15, 0.2) is 12.7 Å². The van der Waals surface area contributed by atoms with Crippen molar-refractivity contribution in [1.82, 2.24) is 14.7 Å². The molecule has 2 heterocycles. The van der Waals surface area contributed by atoms with Crippen molar-refractivity contribution in [2.45, 2.75) is 0 Å². The summed E-state index contributed by atoms with van der Waals surface area (Å²) in [6.07, 6.45) is 1.92. The van der Waals surface area contributed by atoms with E-state index in [9.17, 15) is 4.79 Å². The molecule has 0 aromatic heterocycles. The third-order valence-corrected chi connectivity index (χ3v) is 3.57. The first-order valence-corrected chi connectivity index (χ1v) is 6.70. The normalized spacial score (nSPS) is 23.0. The van der Waals surface area contributed by atoms with Crippen molar-refractivity contribution >= 4 is 5.91 Å². The molecule has 0 aromatic rings. The van der Waals surface area contributed by atoms with Crippen LogP contribution < -0.4 is 0 Å². The Morgan fingerprint density at radius 2 is 1.72 bits per heavy atom. The van der Waals surface area contributed by atoms with Gasteiger partial charge < -0.3 is 9.64 Å². The fourth-order valence-electron chi connectivity index (χ4n) is 2.41. The van der Waals surface area contributed by atoms with E-state index in [1.54, 1.807) is 0 Å². The van der Waals surface area contributed by atoms with Gasteiger partial charge in [0.25, 0.3) is 0 Å². The van der Waals surface area contributed by atoms with Crippen molar-refractivity contribution in [2.24, 2.45) is 0 Å². The molecule has 0 spiro atoms. The number of nitrogens with zero attached hydrogens (tertiary/aromatic N) is 3. The molecule has 2 saturated heterocycles. The first-order valence-electron chi connectivity index (χ1n) is 6.70. The number of morpholine rings is 1. The predicted octanol–water partition coefficient (Wildman–Crippen LogP) is -0.351.